The molecule has 3 N–H and O–H groups in total. The molecule has 3 nitrogen and oxygen atoms in total. The average Bonchev–Trinajstić information content (AvgIpc) is 2.17. The van der Waals surface area contributed by atoms with E-state index in [0.717, 1.165) is 18.5 Å². The monoisotopic (exact) mass is 208 g/mol. The third kappa shape index (κ3) is 7.55. The lowest BCUT2D eigenvalue weighted by Gasteiger charge is -1.99. The molecule has 3 heteroatoms. The number of urea groups is 1. The van der Waals surface area contributed by atoms with E-state index < -0.39 is 6.03 Å². The van der Waals surface area contributed by atoms with Gasteiger partial charge in [-0.1, -0.05) is 36.8 Å². The molecular weight excluding hydrogens is 188 g/mol. The number of carbonyl (C=O) groups excluding carboxylic acids is 1. The molecule has 0 unspecified atom stereocenters. The van der Waals surface area contributed by atoms with E-state index in [4.69, 9.17) is 5.73 Å². The first-order valence-corrected chi connectivity index (χ1v) is 5.15. The average molecular weight is 208 g/mol. The van der Waals surface area contributed by atoms with Crippen molar-refractivity contribution in [3.8, 4) is 0 Å². The summed E-state index contributed by atoms with van der Waals surface area (Å²) in [5.74, 6) is 0. The van der Waals surface area contributed by atoms with Gasteiger partial charge in [0.1, 0.15) is 0 Å². The van der Waals surface area contributed by atoms with Crippen molar-refractivity contribution in [2.24, 2.45) is 5.73 Å². The van der Waals surface area contributed by atoms with Crippen molar-refractivity contribution in [2.75, 3.05) is 0 Å². The van der Waals surface area contributed by atoms with E-state index in [-0.39, 0.29) is 0 Å². The molecule has 84 valence electrons. The summed E-state index contributed by atoms with van der Waals surface area (Å²) < 4.78 is 0. The maximum atomic E-state index is 10.5. The quantitative estimate of drug-likeness (QED) is 0.671. The number of hydrogen-bond acceptors (Lipinski definition) is 1. The number of hydrogen-bond donors (Lipinski definition) is 2. The third-order valence-electron chi connectivity index (χ3n) is 1.99. The number of nitrogens with one attached hydrogen (secondary N) is 1. The fraction of sp³-hybridized carbons (Fsp3) is 0.417. The molecule has 0 saturated carbocycles. The summed E-state index contributed by atoms with van der Waals surface area (Å²) in [5.41, 5.74) is 7.06. The maximum Gasteiger partial charge on any atom is 0.316 e. The van der Waals surface area contributed by atoms with Crippen LogP contribution in [0.15, 0.2) is 35.6 Å². The van der Waals surface area contributed by atoms with Gasteiger partial charge in [-0.3, -0.25) is 0 Å². The Hall–Kier alpha value is -1.51. The summed E-state index contributed by atoms with van der Waals surface area (Å²) in [6.07, 6.45) is 10.00. The Bertz CT molecular complexity index is 288. The van der Waals surface area contributed by atoms with Gasteiger partial charge in [0, 0.05) is 5.70 Å². The van der Waals surface area contributed by atoms with Crippen LogP contribution in [0.1, 0.15) is 33.6 Å². The van der Waals surface area contributed by atoms with E-state index in [1.54, 1.807) is 0 Å². The molecule has 0 aliphatic heterocycles. The number of allylic oxidation sites excluding steroid dienone is 6. The fourth-order valence-corrected chi connectivity index (χ4v) is 1.13. The van der Waals surface area contributed by atoms with Crippen molar-refractivity contribution in [1.29, 1.82) is 0 Å². The minimum atomic E-state index is -0.518. The second-order valence-corrected chi connectivity index (χ2v) is 3.23. The SMILES string of the molecule is C/C=C(\C=CC/C=C(\C)NC(N)=O)CC. The summed E-state index contributed by atoms with van der Waals surface area (Å²) in [6, 6.07) is -0.518. The Morgan fingerprint density at radius 1 is 1.47 bits per heavy atom. The summed E-state index contributed by atoms with van der Waals surface area (Å²) in [7, 11) is 0. The molecule has 0 radical (unpaired) electrons. The Balaban J connectivity index is 4.01. The Kier molecular flexibility index (Phi) is 7.06. The summed E-state index contributed by atoms with van der Waals surface area (Å²) in [5, 5.41) is 2.51. The van der Waals surface area contributed by atoms with Crippen LogP contribution in [0.3, 0.4) is 0 Å². The maximum absolute atomic E-state index is 10.5. The first-order chi connectivity index (χ1) is 7.10. The molecule has 0 aliphatic carbocycles. The van der Waals surface area contributed by atoms with Crippen molar-refractivity contribution < 1.29 is 4.79 Å². The van der Waals surface area contributed by atoms with Gasteiger partial charge in [-0.15, -0.1) is 0 Å². The molecule has 0 aromatic heterocycles. The number of primary amides is 1. The molecule has 0 spiro atoms. The highest BCUT2D eigenvalue weighted by atomic mass is 16.2. The smallest absolute Gasteiger partial charge is 0.316 e. The van der Waals surface area contributed by atoms with Crippen molar-refractivity contribution in [2.45, 2.75) is 33.6 Å². The summed E-state index contributed by atoms with van der Waals surface area (Å²) in [4.78, 5) is 10.5. The predicted molar refractivity (Wildman–Crippen MR) is 64.3 cm³/mol. The molecule has 0 atom stereocenters. The van der Waals surface area contributed by atoms with Crippen LogP contribution >= 0.6 is 0 Å². The van der Waals surface area contributed by atoms with Crippen molar-refractivity contribution in [3.63, 3.8) is 0 Å². The summed E-state index contributed by atoms with van der Waals surface area (Å²) in [6.45, 7) is 5.96. The van der Waals surface area contributed by atoms with Gasteiger partial charge >= 0.3 is 6.03 Å². The molecule has 2 amide bonds. The third-order valence-corrected chi connectivity index (χ3v) is 1.99. The van der Waals surface area contributed by atoms with Gasteiger partial charge < -0.3 is 11.1 Å². The van der Waals surface area contributed by atoms with Crippen LogP contribution < -0.4 is 11.1 Å². The van der Waals surface area contributed by atoms with Gasteiger partial charge in [0.15, 0.2) is 0 Å². The van der Waals surface area contributed by atoms with E-state index in [9.17, 15) is 4.79 Å². The zero-order valence-corrected chi connectivity index (χ0v) is 9.71. The van der Waals surface area contributed by atoms with E-state index in [1.165, 1.54) is 5.57 Å². The lowest BCUT2D eigenvalue weighted by atomic mass is 10.1. The second-order valence-electron chi connectivity index (χ2n) is 3.23. The van der Waals surface area contributed by atoms with Crippen molar-refractivity contribution in [1.82, 2.24) is 5.32 Å². The molecule has 0 fully saturated rings. The molecule has 0 aromatic carbocycles. The zero-order chi connectivity index (χ0) is 11.7. The van der Waals surface area contributed by atoms with Gasteiger partial charge in [0.25, 0.3) is 0 Å². The van der Waals surface area contributed by atoms with Crippen molar-refractivity contribution >= 4 is 6.03 Å². The van der Waals surface area contributed by atoms with E-state index in [1.807, 2.05) is 19.9 Å². The number of nitrogens with two attached hydrogens (primary N) is 1. The summed E-state index contributed by atoms with van der Waals surface area (Å²) >= 11 is 0. The molecule has 0 aromatic rings. The fourth-order valence-electron chi connectivity index (χ4n) is 1.13. The Morgan fingerprint density at radius 2 is 2.13 bits per heavy atom. The molecule has 0 aliphatic rings. The van der Waals surface area contributed by atoms with Crippen molar-refractivity contribution in [3.05, 3.63) is 35.6 Å². The molecule has 0 heterocycles. The zero-order valence-electron chi connectivity index (χ0n) is 9.71. The molecule has 15 heavy (non-hydrogen) atoms. The van der Waals surface area contributed by atoms with Crippen LogP contribution in [-0.2, 0) is 0 Å². The molecule has 0 saturated heterocycles. The number of amides is 2. The second kappa shape index (κ2) is 7.85. The topological polar surface area (TPSA) is 55.1 Å². The van der Waals surface area contributed by atoms with Gasteiger partial charge in [0.05, 0.1) is 0 Å². The van der Waals surface area contributed by atoms with E-state index in [0.29, 0.717) is 0 Å². The van der Waals surface area contributed by atoms with Crippen LogP contribution in [0.4, 0.5) is 4.79 Å². The first-order valence-electron chi connectivity index (χ1n) is 5.15. The Morgan fingerprint density at radius 3 is 2.60 bits per heavy atom. The highest BCUT2D eigenvalue weighted by molar-refractivity contribution is 5.73. The van der Waals surface area contributed by atoms with Gasteiger partial charge in [-0.05, 0) is 26.7 Å². The largest absolute Gasteiger partial charge is 0.351 e. The lowest BCUT2D eigenvalue weighted by Crippen LogP contribution is -2.27. The van der Waals surface area contributed by atoms with E-state index >= 15 is 0 Å². The highest BCUT2D eigenvalue weighted by Gasteiger charge is 1.90. The van der Waals surface area contributed by atoms with Crippen LogP contribution in [0.25, 0.3) is 0 Å². The van der Waals surface area contributed by atoms with Gasteiger partial charge in [-0.2, -0.15) is 0 Å². The molecular formula is C12H20N2O. The van der Waals surface area contributed by atoms with Crippen LogP contribution in [0.5, 0.6) is 0 Å². The number of carbonyl (C=O) groups is 1. The normalized spacial score (nSPS) is 13.3. The van der Waals surface area contributed by atoms with Gasteiger partial charge in [-0.25, -0.2) is 4.79 Å². The Labute approximate surface area is 91.7 Å². The number of rotatable bonds is 5. The minimum Gasteiger partial charge on any atom is -0.351 e. The van der Waals surface area contributed by atoms with Crippen LogP contribution in [0.2, 0.25) is 0 Å². The lowest BCUT2D eigenvalue weighted by molar-refractivity contribution is 0.251. The van der Waals surface area contributed by atoms with Gasteiger partial charge in [0.2, 0.25) is 0 Å². The molecule has 0 rings (SSSR count). The molecule has 0 bridgehead atoms. The standard InChI is InChI=1S/C12H20N2O/c1-4-11(5-2)9-7-6-8-10(3)14-12(13)15/h4,7-9H,5-6H2,1-3H3,(H3,13,14,15)/b9-7?,10-8+,11-4-. The highest BCUT2D eigenvalue weighted by Crippen LogP contribution is 2.03. The van der Waals surface area contributed by atoms with Crippen LogP contribution in [0, 0.1) is 0 Å². The predicted octanol–water partition coefficient (Wildman–Crippen LogP) is 2.86. The van der Waals surface area contributed by atoms with E-state index in [2.05, 4.69) is 30.5 Å². The van der Waals surface area contributed by atoms with Crippen LogP contribution in [-0.4, -0.2) is 6.03 Å². The minimum absolute atomic E-state index is 0.518. The first kappa shape index (κ1) is 13.5.